The van der Waals surface area contributed by atoms with Gasteiger partial charge >= 0.3 is 6.03 Å². The highest BCUT2D eigenvalue weighted by Gasteiger charge is 2.16. The van der Waals surface area contributed by atoms with Gasteiger partial charge in [0.2, 0.25) is 5.82 Å². The van der Waals surface area contributed by atoms with E-state index in [0.29, 0.717) is 41.8 Å². The van der Waals surface area contributed by atoms with Crippen LogP contribution in [0.3, 0.4) is 0 Å². The van der Waals surface area contributed by atoms with Gasteiger partial charge in [-0.25, -0.2) is 4.79 Å². The van der Waals surface area contributed by atoms with E-state index in [-0.39, 0.29) is 0 Å². The first-order chi connectivity index (χ1) is 13.2. The Hall–Kier alpha value is -3.95. The van der Waals surface area contributed by atoms with Crippen LogP contribution in [0.2, 0.25) is 0 Å². The smallest absolute Gasteiger partial charge is 0.326 e. The van der Waals surface area contributed by atoms with Crippen LogP contribution in [0.25, 0.3) is 11.4 Å². The van der Waals surface area contributed by atoms with E-state index in [9.17, 15) is 9.59 Å². The zero-order valence-corrected chi connectivity index (χ0v) is 13.9. The van der Waals surface area contributed by atoms with Gasteiger partial charge in [-0.3, -0.25) is 10.1 Å². The van der Waals surface area contributed by atoms with Crippen molar-refractivity contribution in [1.29, 1.82) is 0 Å². The molecular weight excluding hydrogens is 352 g/mol. The number of rotatable bonds is 3. The standard InChI is InChI=1S/C17H14N6O4/c24-16(11-3-6-13-14(9-11)27-8-7-26-13)19-17(25)18-12-4-1-10(2-5-12)15-20-22-23-21-15/h1-6,9H,7-8H2,(H2,18,19,24,25)(H,20,21,22,23). The summed E-state index contributed by atoms with van der Waals surface area (Å²) in [6, 6.07) is 10.9. The number of hydrogen-bond donors (Lipinski definition) is 3. The Kier molecular flexibility index (Phi) is 4.35. The number of imide groups is 1. The monoisotopic (exact) mass is 366 g/mol. The molecule has 0 aliphatic carbocycles. The highest BCUT2D eigenvalue weighted by Crippen LogP contribution is 2.30. The van der Waals surface area contributed by atoms with Crippen molar-refractivity contribution in [3.8, 4) is 22.9 Å². The summed E-state index contributed by atoms with van der Waals surface area (Å²) in [5, 5.41) is 18.4. The molecule has 3 amide bonds. The second kappa shape index (κ2) is 7.12. The highest BCUT2D eigenvalue weighted by molar-refractivity contribution is 6.08. The van der Waals surface area contributed by atoms with Crippen LogP contribution < -0.4 is 20.1 Å². The van der Waals surface area contributed by atoms with Gasteiger partial charge in [-0.05, 0) is 47.7 Å². The average molecular weight is 366 g/mol. The average Bonchev–Trinajstić information content (AvgIpc) is 3.23. The zero-order chi connectivity index (χ0) is 18.6. The zero-order valence-electron chi connectivity index (χ0n) is 13.9. The first-order valence-corrected chi connectivity index (χ1v) is 8.05. The van der Waals surface area contributed by atoms with Crippen LogP contribution in [0.5, 0.6) is 11.5 Å². The van der Waals surface area contributed by atoms with Gasteiger partial charge in [0.15, 0.2) is 11.5 Å². The molecule has 3 N–H and O–H groups in total. The van der Waals surface area contributed by atoms with Gasteiger partial charge in [-0.15, -0.1) is 10.2 Å². The molecule has 0 saturated carbocycles. The van der Waals surface area contributed by atoms with Crippen molar-refractivity contribution in [2.75, 3.05) is 18.5 Å². The number of anilines is 1. The number of tetrazole rings is 1. The van der Waals surface area contributed by atoms with Gasteiger partial charge in [0.05, 0.1) is 0 Å². The summed E-state index contributed by atoms with van der Waals surface area (Å²) in [6.45, 7) is 0.880. The Labute approximate surface area is 152 Å². The molecule has 1 aliphatic rings. The molecule has 136 valence electrons. The predicted molar refractivity (Wildman–Crippen MR) is 93.5 cm³/mol. The van der Waals surface area contributed by atoms with Crippen molar-refractivity contribution in [3.63, 3.8) is 0 Å². The fourth-order valence-corrected chi connectivity index (χ4v) is 2.51. The van der Waals surface area contributed by atoms with E-state index < -0.39 is 11.9 Å². The molecule has 0 unspecified atom stereocenters. The summed E-state index contributed by atoms with van der Waals surface area (Å²) in [5.41, 5.74) is 1.54. The number of urea groups is 1. The number of carbonyl (C=O) groups is 2. The number of carbonyl (C=O) groups excluding carboxylic acids is 2. The second-order valence-corrected chi connectivity index (χ2v) is 5.58. The number of aromatic nitrogens is 4. The van der Waals surface area contributed by atoms with Gasteiger partial charge in [0.1, 0.15) is 13.2 Å². The quantitative estimate of drug-likeness (QED) is 0.641. The van der Waals surface area contributed by atoms with E-state index in [4.69, 9.17) is 9.47 Å². The lowest BCUT2D eigenvalue weighted by Crippen LogP contribution is -2.34. The summed E-state index contributed by atoms with van der Waals surface area (Å²) in [4.78, 5) is 24.3. The minimum atomic E-state index is -0.651. The van der Waals surface area contributed by atoms with E-state index in [1.165, 1.54) is 6.07 Å². The second-order valence-electron chi connectivity index (χ2n) is 5.58. The van der Waals surface area contributed by atoms with Crippen LogP contribution in [0.4, 0.5) is 10.5 Å². The molecule has 0 bridgehead atoms. The Morgan fingerprint density at radius 3 is 2.52 bits per heavy atom. The van der Waals surface area contributed by atoms with Crippen LogP contribution in [0.15, 0.2) is 42.5 Å². The number of ether oxygens (including phenoxy) is 2. The summed E-state index contributed by atoms with van der Waals surface area (Å²) in [5.74, 6) is 0.947. The first kappa shape index (κ1) is 16.5. The molecule has 0 spiro atoms. The number of amides is 3. The van der Waals surface area contributed by atoms with E-state index >= 15 is 0 Å². The maximum Gasteiger partial charge on any atom is 0.326 e. The predicted octanol–water partition coefficient (Wildman–Crippen LogP) is 1.60. The number of benzene rings is 2. The molecule has 0 saturated heterocycles. The number of H-pyrrole nitrogens is 1. The topological polar surface area (TPSA) is 131 Å². The molecule has 3 aromatic rings. The molecule has 1 aliphatic heterocycles. The largest absolute Gasteiger partial charge is 0.486 e. The fourth-order valence-electron chi connectivity index (χ4n) is 2.51. The third-order valence-electron chi connectivity index (χ3n) is 3.78. The number of nitrogens with one attached hydrogen (secondary N) is 3. The van der Waals surface area contributed by atoms with Crippen molar-refractivity contribution >= 4 is 17.6 Å². The van der Waals surface area contributed by atoms with E-state index in [1.54, 1.807) is 36.4 Å². The molecule has 10 nitrogen and oxygen atoms in total. The van der Waals surface area contributed by atoms with E-state index in [0.717, 1.165) is 5.56 Å². The lowest BCUT2D eigenvalue weighted by Gasteiger charge is -2.18. The molecule has 0 fully saturated rings. The molecule has 0 atom stereocenters. The van der Waals surface area contributed by atoms with Crippen LogP contribution in [-0.2, 0) is 0 Å². The summed E-state index contributed by atoms with van der Waals surface area (Å²) < 4.78 is 10.8. The van der Waals surface area contributed by atoms with Crippen LogP contribution in [-0.4, -0.2) is 45.8 Å². The summed E-state index contributed by atoms with van der Waals surface area (Å²) in [7, 11) is 0. The number of fused-ring (bicyclic) bond motifs is 1. The van der Waals surface area contributed by atoms with Crippen LogP contribution in [0.1, 0.15) is 10.4 Å². The van der Waals surface area contributed by atoms with Gasteiger partial charge in [-0.1, -0.05) is 0 Å². The molecule has 4 rings (SSSR count). The van der Waals surface area contributed by atoms with Crippen molar-refractivity contribution in [2.24, 2.45) is 0 Å². The first-order valence-electron chi connectivity index (χ1n) is 8.05. The van der Waals surface area contributed by atoms with Crippen molar-refractivity contribution in [2.45, 2.75) is 0 Å². The molecular formula is C17H14N6O4. The normalized spacial score (nSPS) is 12.3. The molecule has 27 heavy (non-hydrogen) atoms. The summed E-state index contributed by atoms with van der Waals surface area (Å²) in [6.07, 6.45) is 0. The number of aromatic amines is 1. The Balaban J connectivity index is 1.38. The van der Waals surface area contributed by atoms with Crippen LogP contribution in [0, 0.1) is 0 Å². The van der Waals surface area contributed by atoms with Gasteiger partial charge in [0.25, 0.3) is 5.91 Å². The number of hydrogen-bond acceptors (Lipinski definition) is 7. The Morgan fingerprint density at radius 2 is 1.78 bits per heavy atom. The van der Waals surface area contributed by atoms with E-state index in [1.807, 2.05) is 0 Å². The lowest BCUT2D eigenvalue weighted by atomic mass is 10.2. The van der Waals surface area contributed by atoms with Crippen molar-refractivity contribution in [3.05, 3.63) is 48.0 Å². The minimum absolute atomic E-state index is 0.293. The van der Waals surface area contributed by atoms with E-state index in [2.05, 4.69) is 31.3 Å². The molecule has 10 heteroatoms. The fraction of sp³-hybridized carbons (Fsp3) is 0.118. The maximum atomic E-state index is 12.2. The molecule has 1 aromatic heterocycles. The SMILES string of the molecule is O=C(NC(=O)c1ccc2c(c1)OCCO2)Nc1ccc(-c2nn[nH]n2)cc1. The molecule has 2 heterocycles. The summed E-state index contributed by atoms with van der Waals surface area (Å²) >= 11 is 0. The third kappa shape index (κ3) is 3.68. The Bertz CT molecular complexity index is 972. The highest BCUT2D eigenvalue weighted by atomic mass is 16.6. The minimum Gasteiger partial charge on any atom is -0.486 e. The van der Waals surface area contributed by atoms with Gasteiger partial charge in [-0.2, -0.15) is 5.21 Å². The molecule has 2 aromatic carbocycles. The third-order valence-corrected chi connectivity index (χ3v) is 3.78. The van der Waals surface area contributed by atoms with Crippen LogP contribution >= 0.6 is 0 Å². The van der Waals surface area contributed by atoms with Crippen molar-refractivity contribution < 1.29 is 19.1 Å². The lowest BCUT2D eigenvalue weighted by molar-refractivity contribution is 0.0966. The Morgan fingerprint density at radius 1 is 1.00 bits per heavy atom. The van der Waals surface area contributed by atoms with Gasteiger partial charge in [0, 0.05) is 16.8 Å². The van der Waals surface area contributed by atoms with Crippen molar-refractivity contribution in [1.82, 2.24) is 25.9 Å². The molecule has 0 radical (unpaired) electrons. The maximum absolute atomic E-state index is 12.2. The van der Waals surface area contributed by atoms with Gasteiger partial charge < -0.3 is 14.8 Å². The number of nitrogens with zero attached hydrogens (tertiary/aromatic N) is 3.